The minimum atomic E-state index is -0.00694. The van der Waals surface area contributed by atoms with Crippen LogP contribution in [0.3, 0.4) is 0 Å². The van der Waals surface area contributed by atoms with E-state index < -0.39 is 0 Å². The molecule has 1 rings (SSSR count). The minimum Gasteiger partial charge on any atom is -0.467 e. The van der Waals surface area contributed by atoms with Crippen LogP contribution in [0, 0.1) is 0 Å². The SMILES string of the molecule is OCc1ccco1.[HH]. The first kappa shape index (κ1) is 4.40. The Hall–Kier alpha value is -0.760. The molecule has 0 amide bonds. The van der Waals surface area contributed by atoms with Crippen LogP contribution in [0.2, 0.25) is 0 Å². The van der Waals surface area contributed by atoms with Gasteiger partial charge >= 0.3 is 0 Å². The molecule has 0 aliphatic heterocycles. The standard InChI is InChI=1S/C5H6O2.H2/c6-4-5-2-1-3-7-5;/h1-3,6H,4H2;1H. The smallest absolute Gasteiger partial charge is 0.129 e. The van der Waals surface area contributed by atoms with Crippen molar-refractivity contribution in [3.8, 4) is 0 Å². The number of furan rings is 1. The molecule has 7 heavy (non-hydrogen) atoms. The van der Waals surface area contributed by atoms with E-state index in [0.29, 0.717) is 5.76 Å². The monoisotopic (exact) mass is 100 g/mol. The van der Waals surface area contributed by atoms with Crippen LogP contribution < -0.4 is 0 Å². The first-order chi connectivity index (χ1) is 3.43. The molecule has 1 aromatic rings. The predicted octanol–water partition coefficient (Wildman–Crippen LogP) is 1.02. The van der Waals surface area contributed by atoms with Gasteiger partial charge in [-0.1, -0.05) is 0 Å². The summed E-state index contributed by atoms with van der Waals surface area (Å²) in [5.41, 5.74) is 0. The summed E-state index contributed by atoms with van der Waals surface area (Å²) in [7, 11) is 0. The average molecular weight is 100 g/mol. The van der Waals surface area contributed by atoms with E-state index in [0.717, 1.165) is 0 Å². The molecule has 0 aromatic carbocycles. The third-order valence-corrected chi connectivity index (χ3v) is 0.736. The summed E-state index contributed by atoms with van der Waals surface area (Å²) >= 11 is 0. The van der Waals surface area contributed by atoms with Gasteiger partial charge in [-0.25, -0.2) is 0 Å². The van der Waals surface area contributed by atoms with Crippen molar-refractivity contribution in [3.05, 3.63) is 24.2 Å². The average Bonchev–Trinajstić information content (AvgIpc) is 2.14. The fourth-order valence-electron chi connectivity index (χ4n) is 0.403. The topological polar surface area (TPSA) is 33.4 Å². The van der Waals surface area contributed by atoms with Gasteiger partial charge in [0.2, 0.25) is 0 Å². The van der Waals surface area contributed by atoms with Crippen LogP contribution in [0.5, 0.6) is 0 Å². The molecule has 0 saturated carbocycles. The third-order valence-electron chi connectivity index (χ3n) is 0.736. The maximum atomic E-state index is 8.33. The number of hydrogen-bond acceptors (Lipinski definition) is 2. The van der Waals surface area contributed by atoms with Crippen molar-refractivity contribution >= 4 is 0 Å². The Morgan fingerprint density at radius 1 is 1.86 bits per heavy atom. The Bertz CT molecular complexity index is 125. The molecular weight excluding hydrogens is 92.1 g/mol. The molecule has 0 aliphatic rings. The summed E-state index contributed by atoms with van der Waals surface area (Å²) in [6, 6.07) is 3.46. The summed E-state index contributed by atoms with van der Waals surface area (Å²) in [5, 5.41) is 8.33. The van der Waals surface area contributed by atoms with E-state index in [4.69, 9.17) is 9.52 Å². The maximum absolute atomic E-state index is 8.33. The number of aliphatic hydroxyl groups is 1. The summed E-state index contributed by atoms with van der Waals surface area (Å²) in [5.74, 6) is 0.611. The molecular formula is C5H8O2. The van der Waals surface area contributed by atoms with Gasteiger partial charge in [0, 0.05) is 1.43 Å². The number of hydrogen-bond donors (Lipinski definition) is 1. The first-order valence-corrected chi connectivity index (χ1v) is 2.06. The van der Waals surface area contributed by atoms with Gasteiger partial charge in [0.25, 0.3) is 0 Å². The maximum Gasteiger partial charge on any atom is 0.129 e. The van der Waals surface area contributed by atoms with Crippen LogP contribution in [-0.4, -0.2) is 5.11 Å². The van der Waals surface area contributed by atoms with Crippen molar-refractivity contribution in [2.24, 2.45) is 0 Å². The highest BCUT2D eigenvalue weighted by Gasteiger charge is 1.85. The van der Waals surface area contributed by atoms with E-state index in [1.165, 1.54) is 6.26 Å². The van der Waals surface area contributed by atoms with Crippen LogP contribution in [0.1, 0.15) is 7.19 Å². The first-order valence-electron chi connectivity index (χ1n) is 2.06. The van der Waals surface area contributed by atoms with Crippen molar-refractivity contribution in [1.29, 1.82) is 0 Å². The van der Waals surface area contributed by atoms with Crippen LogP contribution in [0.4, 0.5) is 0 Å². The van der Waals surface area contributed by atoms with Gasteiger partial charge in [-0.2, -0.15) is 0 Å². The lowest BCUT2D eigenvalue weighted by Gasteiger charge is -1.79. The largest absolute Gasteiger partial charge is 0.467 e. The van der Waals surface area contributed by atoms with Crippen LogP contribution in [-0.2, 0) is 6.61 Å². The molecule has 0 aliphatic carbocycles. The summed E-state index contributed by atoms with van der Waals surface area (Å²) < 4.78 is 4.73. The molecule has 0 saturated heterocycles. The van der Waals surface area contributed by atoms with E-state index in [9.17, 15) is 0 Å². The van der Waals surface area contributed by atoms with Gasteiger partial charge < -0.3 is 9.52 Å². The van der Waals surface area contributed by atoms with Crippen molar-refractivity contribution < 1.29 is 11.0 Å². The Labute approximate surface area is 42.9 Å². The molecule has 0 spiro atoms. The molecule has 0 radical (unpaired) electrons. The molecule has 0 atom stereocenters. The molecule has 0 bridgehead atoms. The van der Waals surface area contributed by atoms with E-state index in [1.54, 1.807) is 12.1 Å². The van der Waals surface area contributed by atoms with E-state index in [-0.39, 0.29) is 8.03 Å². The molecule has 1 heterocycles. The van der Waals surface area contributed by atoms with Gasteiger partial charge in [0.05, 0.1) is 6.26 Å². The summed E-state index contributed by atoms with van der Waals surface area (Å²) in [4.78, 5) is 0. The van der Waals surface area contributed by atoms with Gasteiger partial charge in [-0.15, -0.1) is 0 Å². The lowest BCUT2D eigenvalue weighted by atomic mass is 10.5. The third kappa shape index (κ3) is 0.810. The Morgan fingerprint density at radius 3 is 3.00 bits per heavy atom. The Kier molecular flexibility index (Phi) is 1.13. The second-order valence-corrected chi connectivity index (χ2v) is 1.24. The zero-order chi connectivity index (χ0) is 5.11. The second kappa shape index (κ2) is 1.80. The zero-order valence-corrected chi connectivity index (χ0v) is 3.79. The van der Waals surface area contributed by atoms with Gasteiger partial charge in [-0.05, 0) is 12.1 Å². The Balaban J connectivity index is 0.000000490. The summed E-state index contributed by atoms with van der Waals surface area (Å²) in [6.07, 6.45) is 1.53. The zero-order valence-electron chi connectivity index (χ0n) is 3.79. The van der Waals surface area contributed by atoms with Crippen molar-refractivity contribution in [2.75, 3.05) is 0 Å². The Morgan fingerprint density at radius 2 is 2.71 bits per heavy atom. The summed E-state index contributed by atoms with van der Waals surface area (Å²) in [6.45, 7) is -0.00694. The van der Waals surface area contributed by atoms with Gasteiger partial charge in [-0.3, -0.25) is 0 Å². The second-order valence-electron chi connectivity index (χ2n) is 1.24. The molecule has 2 nitrogen and oxygen atoms in total. The lowest BCUT2D eigenvalue weighted by Crippen LogP contribution is -1.72. The van der Waals surface area contributed by atoms with Crippen molar-refractivity contribution in [2.45, 2.75) is 6.61 Å². The fourth-order valence-corrected chi connectivity index (χ4v) is 0.403. The van der Waals surface area contributed by atoms with E-state index in [1.807, 2.05) is 0 Å². The molecule has 0 fully saturated rings. The predicted molar refractivity (Wildman–Crippen MR) is 26.7 cm³/mol. The highest BCUT2D eigenvalue weighted by molar-refractivity contribution is 4.95. The van der Waals surface area contributed by atoms with Crippen LogP contribution >= 0.6 is 0 Å². The van der Waals surface area contributed by atoms with Crippen molar-refractivity contribution in [1.82, 2.24) is 0 Å². The number of rotatable bonds is 1. The molecule has 2 heteroatoms. The van der Waals surface area contributed by atoms with Crippen molar-refractivity contribution in [3.63, 3.8) is 0 Å². The highest BCUT2D eigenvalue weighted by atomic mass is 16.4. The fraction of sp³-hybridized carbons (Fsp3) is 0.200. The normalized spacial score (nSPS) is 9.29. The molecule has 1 N–H and O–H groups in total. The molecule has 0 unspecified atom stereocenters. The highest BCUT2D eigenvalue weighted by Crippen LogP contribution is 1.96. The quantitative estimate of drug-likeness (QED) is 0.571. The minimum absolute atomic E-state index is 0. The van der Waals surface area contributed by atoms with E-state index in [2.05, 4.69) is 0 Å². The number of aliphatic hydroxyl groups excluding tert-OH is 1. The van der Waals surface area contributed by atoms with Gasteiger partial charge in [0.1, 0.15) is 12.4 Å². The van der Waals surface area contributed by atoms with Crippen LogP contribution in [0.15, 0.2) is 22.8 Å². The van der Waals surface area contributed by atoms with Crippen LogP contribution in [0.25, 0.3) is 0 Å². The molecule has 40 valence electrons. The van der Waals surface area contributed by atoms with E-state index >= 15 is 0 Å². The molecule has 1 aromatic heterocycles. The van der Waals surface area contributed by atoms with Gasteiger partial charge in [0.15, 0.2) is 0 Å². The lowest BCUT2D eigenvalue weighted by molar-refractivity contribution is 0.247.